The second kappa shape index (κ2) is 10.5. The Bertz CT molecular complexity index is 1150. The Balaban J connectivity index is 1.49. The van der Waals surface area contributed by atoms with Crippen molar-refractivity contribution in [3.8, 4) is 10.8 Å². The fraction of sp³-hybridized carbons (Fsp3) is 0.286. The molecule has 9 nitrogen and oxygen atoms in total. The van der Waals surface area contributed by atoms with Gasteiger partial charge < -0.3 is 14.5 Å². The highest BCUT2D eigenvalue weighted by atomic mass is 32.2. The van der Waals surface area contributed by atoms with E-state index in [1.807, 2.05) is 0 Å². The lowest BCUT2D eigenvalue weighted by Crippen LogP contribution is -2.31. The number of nitrogens with zero attached hydrogens (tertiary/aromatic N) is 2. The van der Waals surface area contributed by atoms with E-state index in [1.165, 1.54) is 39.9 Å². The van der Waals surface area contributed by atoms with Gasteiger partial charge >= 0.3 is 5.97 Å². The standard InChI is InChI=1S/C21H23N3O6S2/c1-3-24(4-2)32(27,28)17-9-7-15(8-10-17)20(26)22-12-19(25)30-13-16-14-31-21(23-16)18-6-5-11-29-18/h5-11,14H,3-4,12-13H2,1-2H3,(H,22,26). The van der Waals surface area contributed by atoms with E-state index in [2.05, 4.69) is 10.3 Å². The van der Waals surface area contributed by atoms with Gasteiger partial charge in [0.25, 0.3) is 5.91 Å². The molecule has 0 aliphatic rings. The third kappa shape index (κ3) is 5.61. The summed E-state index contributed by atoms with van der Waals surface area (Å²) in [5, 5.41) is 4.90. The zero-order valence-electron chi connectivity index (χ0n) is 17.6. The smallest absolute Gasteiger partial charge is 0.325 e. The van der Waals surface area contributed by atoms with Crippen LogP contribution in [0.4, 0.5) is 0 Å². The fourth-order valence-corrected chi connectivity index (χ4v) is 5.07. The second-order valence-corrected chi connectivity index (χ2v) is 9.37. The summed E-state index contributed by atoms with van der Waals surface area (Å²) in [5.74, 6) is -0.495. The number of thiazole rings is 1. The first kappa shape index (κ1) is 23.6. The van der Waals surface area contributed by atoms with Gasteiger partial charge in [-0.05, 0) is 36.4 Å². The molecule has 0 unspecified atom stereocenters. The van der Waals surface area contributed by atoms with Crippen LogP contribution >= 0.6 is 11.3 Å². The molecule has 1 amide bonds. The van der Waals surface area contributed by atoms with E-state index < -0.39 is 21.9 Å². The van der Waals surface area contributed by atoms with Crippen LogP contribution in [0.2, 0.25) is 0 Å². The predicted molar refractivity (Wildman–Crippen MR) is 118 cm³/mol. The molecule has 0 fully saturated rings. The van der Waals surface area contributed by atoms with Crippen molar-refractivity contribution in [1.29, 1.82) is 0 Å². The lowest BCUT2D eigenvalue weighted by molar-refractivity contribution is -0.143. The number of furan rings is 1. The highest BCUT2D eigenvalue weighted by Crippen LogP contribution is 2.24. The SMILES string of the molecule is CCN(CC)S(=O)(=O)c1ccc(C(=O)NCC(=O)OCc2csc(-c3ccco3)n2)cc1. The lowest BCUT2D eigenvalue weighted by Gasteiger charge is -2.18. The Labute approximate surface area is 190 Å². The number of esters is 1. The van der Waals surface area contributed by atoms with Crippen molar-refractivity contribution in [2.24, 2.45) is 0 Å². The molecule has 0 radical (unpaired) electrons. The van der Waals surface area contributed by atoms with Crippen molar-refractivity contribution in [1.82, 2.24) is 14.6 Å². The lowest BCUT2D eigenvalue weighted by atomic mass is 10.2. The highest BCUT2D eigenvalue weighted by molar-refractivity contribution is 7.89. The minimum Gasteiger partial charge on any atom is -0.462 e. The van der Waals surface area contributed by atoms with Crippen molar-refractivity contribution in [2.45, 2.75) is 25.3 Å². The average molecular weight is 478 g/mol. The molecule has 2 heterocycles. The highest BCUT2D eigenvalue weighted by Gasteiger charge is 2.21. The molecule has 0 atom stereocenters. The van der Waals surface area contributed by atoms with Crippen molar-refractivity contribution >= 4 is 33.2 Å². The maximum atomic E-state index is 12.5. The maximum absolute atomic E-state index is 12.5. The molecular formula is C21H23N3O6S2. The van der Waals surface area contributed by atoms with Crippen LogP contribution in [-0.4, -0.2) is 49.2 Å². The summed E-state index contributed by atoms with van der Waals surface area (Å²) < 4.78 is 36.7. The normalized spacial score (nSPS) is 11.5. The van der Waals surface area contributed by atoms with Crippen LogP contribution in [0.25, 0.3) is 10.8 Å². The molecule has 0 bridgehead atoms. The Morgan fingerprint density at radius 1 is 1.16 bits per heavy atom. The number of aromatic nitrogens is 1. The van der Waals surface area contributed by atoms with Gasteiger partial charge in [0.15, 0.2) is 10.8 Å². The Kier molecular flexibility index (Phi) is 7.78. The van der Waals surface area contributed by atoms with E-state index in [9.17, 15) is 18.0 Å². The number of hydrogen-bond acceptors (Lipinski definition) is 8. The molecule has 0 aliphatic heterocycles. The Morgan fingerprint density at radius 2 is 1.88 bits per heavy atom. The third-order valence-electron chi connectivity index (χ3n) is 4.52. The van der Waals surface area contributed by atoms with Gasteiger partial charge in [-0.15, -0.1) is 11.3 Å². The zero-order valence-corrected chi connectivity index (χ0v) is 19.2. The molecule has 1 aromatic carbocycles. The van der Waals surface area contributed by atoms with E-state index in [0.717, 1.165) is 0 Å². The summed E-state index contributed by atoms with van der Waals surface area (Å²) in [4.78, 5) is 28.6. The molecule has 0 saturated carbocycles. The maximum Gasteiger partial charge on any atom is 0.325 e. The van der Waals surface area contributed by atoms with Crippen LogP contribution in [0.5, 0.6) is 0 Å². The van der Waals surface area contributed by atoms with Gasteiger partial charge in [-0.2, -0.15) is 4.31 Å². The number of benzene rings is 1. The summed E-state index contributed by atoms with van der Waals surface area (Å²) in [6.07, 6.45) is 1.55. The first-order valence-electron chi connectivity index (χ1n) is 9.87. The number of amides is 1. The molecule has 1 N–H and O–H groups in total. The van der Waals surface area contributed by atoms with Crippen molar-refractivity contribution in [2.75, 3.05) is 19.6 Å². The number of ether oxygens (including phenoxy) is 1. The molecule has 32 heavy (non-hydrogen) atoms. The molecular weight excluding hydrogens is 454 g/mol. The minimum absolute atomic E-state index is 0.0240. The van der Waals surface area contributed by atoms with Crippen LogP contribution in [0.3, 0.4) is 0 Å². The van der Waals surface area contributed by atoms with Crippen molar-refractivity contribution < 1.29 is 27.2 Å². The van der Waals surface area contributed by atoms with Gasteiger partial charge in [0.1, 0.15) is 13.2 Å². The molecule has 2 aromatic heterocycles. The van der Waals surface area contributed by atoms with E-state index in [4.69, 9.17) is 9.15 Å². The number of hydrogen-bond donors (Lipinski definition) is 1. The Hall–Kier alpha value is -3.02. The van der Waals surface area contributed by atoms with E-state index in [-0.39, 0.29) is 23.6 Å². The van der Waals surface area contributed by atoms with Gasteiger partial charge in [-0.1, -0.05) is 13.8 Å². The molecule has 3 aromatic rings. The molecule has 0 saturated heterocycles. The van der Waals surface area contributed by atoms with Gasteiger partial charge in [0.05, 0.1) is 16.9 Å². The molecule has 170 valence electrons. The van der Waals surface area contributed by atoms with Gasteiger partial charge in [0, 0.05) is 24.0 Å². The predicted octanol–water partition coefficient (Wildman–Crippen LogP) is 2.91. The molecule has 11 heteroatoms. The number of carbonyl (C=O) groups is 2. The molecule has 0 spiro atoms. The number of nitrogens with one attached hydrogen (secondary N) is 1. The van der Waals surface area contributed by atoms with E-state index in [0.29, 0.717) is 29.6 Å². The molecule has 0 aliphatic carbocycles. The summed E-state index contributed by atoms with van der Waals surface area (Å²) in [7, 11) is -3.60. The zero-order chi connectivity index (χ0) is 23.1. The summed E-state index contributed by atoms with van der Waals surface area (Å²) >= 11 is 1.37. The van der Waals surface area contributed by atoms with Crippen LogP contribution in [0.15, 0.2) is 57.4 Å². The largest absolute Gasteiger partial charge is 0.462 e. The van der Waals surface area contributed by atoms with Crippen LogP contribution in [-0.2, 0) is 26.2 Å². The van der Waals surface area contributed by atoms with Gasteiger partial charge in [-0.25, -0.2) is 13.4 Å². The first-order valence-corrected chi connectivity index (χ1v) is 12.2. The van der Waals surface area contributed by atoms with Crippen LogP contribution in [0.1, 0.15) is 29.9 Å². The molecule has 3 rings (SSSR count). The minimum atomic E-state index is -3.60. The van der Waals surface area contributed by atoms with E-state index in [1.54, 1.807) is 37.6 Å². The topological polar surface area (TPSA) is 119 Å². The third-order valence-corrected chi connectivity index (χ3v) is 7.49. The monoisotopic (exact) mass is 477 g/mol. The van der Waals surface area contributed by atoms with Crippen LogP contribution in [0, 0.1) is 0 Å². The van der Waals surface area contributed by atoms with Crippen molar-refractivity contribution in [3.05, 3.63) is 59.3 Å². The Morgan fingerprint density at radius 3 is 2.50 bits per heavy atom. The summed E-state index contributed by atoms with van der Waals surface area (Å²) in [5.41, 5.74) is 0.810. The van der Waals surface area contributed by atoms with E-state index >= 15 is 0 Å². The second-order valence-electron chi connectivity index (χ2n) is 6.58. The summed E-state index contributed by atoms with van der Waals surface area (Å²) in [6, 6.07) is 9.11. The quantitative estimate of drug-likeness (QED) is 0.446. The van der Waals surface area contributed by atoms with Gasteiger partial charge in [-0.3, -0.25) is 9.59 Å². The number of carbonyl (C=O) groups excluding carboxylic acids is 2. The first-order chi connectivity index (χ1) is 15.3. The van der Waals surface area contributed by atoms with Crippen molar-refractivity contribution in [3.63, 3.8) is 0 Å². The fourth-order valence-electron chi connectivity index (χ4n) is 2.84. The summed E-state index contributed by atoms with van der Waals surface area (Å²) in [6.45, 7) is 3.88. The number of sulfonamides is 1. The number of rotatable bonds is 10. The average Bonchev–Trinajstić information content (AvgIpc) is 3.48. The van der Waals surface area contributed by atoms with Crippen LogP contribution < -0.4 is 5.32 Å². The van der Waals surface area contributed by atoms with Gasteiger partial charge in [0.2, 0.25) is 10.0 Å².